The van der Waals surface area contributed by atoms with Gasteiger partial charge in [-0.3, -0.25) is 18.3 Å². The molecule has 7 atom stereocenters. The quantitative estimate of drug-likeness (QED) is 0.0622. The fourth-order valence-corrected chi connectivity index (χ4v) is 8.64. The third-order valence-corrected chi connectivity index (χ3v) is 13.3. The van der Waals surface area contributed by atoms with Crippen molar-refractivity contribution in [1.29, 1.82) is 0 Å². The van der Waals surface area contributed by atoms with Gasteiger partial charge in [0.15, 0.2) is 23.2 Å². The highest BCUT2D eigenvalue weighted by atomic mass is 31.3. The summed E-state index contributed by atoms with van der Waals surface area (Å²) in [5, 5.41) is 23.9. The van der Waals surface area contributed by atoms with Gasteiger partial charge in [-0.1, -0.05) is 30.3 Å². The zero-order valence-corrected chi connectivity index (χ0v) is 38.4. The second kappa shape index (κ2) is 27.6. The highest BCUT2D eigenvalue weighted by Crippen LogP contribution is 2.61. The molecule has 1 fully saturated rings. The standard InChI is InChI=1S/C17H22N5O13P3.3C6H15N/c23-13-11(7-32-37(28,29)35-38(30,31)34-36(25,26)27)33-17(14(13)24)22-9-21-12-15(19-8-20-16(12)22)18-6-10-4-2-1-3-5-10;3*1-4-7(5-2)6-3/h1-5,8-9,11,13-14,17,23-24H,6-7H2,(H,28,29)(H,30,31)(H,18,19,20)(H2,25,26,27);3*4-6H2,1-3H3/t11-,13-,14-,17-;;;/m1.../s1. The number of nitrogens with zero attached hydrogens (tertiary/aromatic N) is 4. The Balaban J connectivity index is 0.000000678. The number of phosphoric acid groups is 3. The topological polar surface area (TPSA) is 287 Å². The summed E-state index contributed by atoms with van der Waals surface area (Å²) in [6.07, 6.45) is -3.76. The van der Waals surface area contributed by atoms with Crippen LogP contribution in [0, 0.1) is 0 Å². The van der Waals surface area contributed by atoms with E-state index in [9.17, 15) is 38.6 Å². The predicted molar refractivity (Wildman–Crippen MR) is 216 cm³/mol. The fourth-order valence-electron chi connectivity index (χ4n) is 5.75. The molecule has 340 valence electrons. The Bertz CT molecular complexity index is 1690. The molecule has 1 aliphatic heterocycles. The Kier molecular flexibility index (Phi) is 25.6. The van der Waals surface area contributed by atoms with E-state index in [0.717, 1.165) is 5.56 Å². The SMILES string of the molecule is CC[NH+](CC)CC.CC[NH+](CC)CC.CC[NH+](CC)CC.O=P([O-])(O)OP(=O)([O-])OP(=O)([O-])OC[C@H]1O[C@@H](n2cnc3c(NCc4ccccc4)ncnc32)[C@H](O)[C@@H]1O. The average Bonchev–Trinajstić information content (AvgIpc) is 3.75. The summed E-state index contributed by atoms with van der Waals surface area (Å²) < 4.78 is 51.4. The number of fused-ring (bicyclic) bond motifs is 1. The summed E-state index contributed by atoms with van der Waals surface area (Å²) in [6, 6.07) is 9.42. The molecule has 0 amide bonds. The predicted octanol–water partition coefficient (Wildman–Crippen LogP) is -1.70. The second-order valence-electron chi connectivity index (χ2n) is 13.2. The third-order valence-electron chi connectivity index (χ3n) is 9.57. The lowest BCUT2D eigenvalue weighted by Crippen LogP contribution is -3.11. The van der Waals surface area contributed by atoms with Crippen molar-refractivity contribution in [2.75, 3.05) is 70.8 Å². The van der Waals surface area contributed by atoms with Crippen molar-refractivity contribution in [3.63, 3.8) is 0 Å². The van der Waals surface area contributed by atoms with Crippen molar-refractivity contribution in [3.8, 4) is 0 Å². The molecule has 0 bridgehead atoms. The summed E-state index contributed by atoms with van der Waals surface area (Å²) in [4.78, 5) is 59.6. The third kappa shape index (κ3) is 20.0. The summed E-state index contributed by atoms with van der Waals surface area (Å²) in [6.45, 7) is 30.8. The molecular formula is C35H67N8O13P3. The molecule has 24 heteroatoms. The Morgan fingerprint density at radius 3 is 1.66 bits per heavy atom. The van der Waals surface area contributed by atoms with E-state index in [1.165, 1.54) is 76.1 Å². The first kappa shape index (κ1) is 54.8. The Labute approximate surface area is 348 Å². The Hall–Kier alpha value is -2.26. The summed E-state index contributed by atoms with van der Waals surface area (Å²) in [5.74, 6) is 0.365. The molecule has 0 saturated carbocycles. The maximum Gasteiger partial charge on any atom is 0.280 e. The first-order valence-corrected chi connectivity index (χ1v) is 24.4. The number of rotatable bonds is 20. The van der Waals surface area contributed by atoms with Gasteiger partial charge >= 0.3 is 0 Å². The molecule has 3 heterocycles. The molecule has 1 saturated heterocycles. The van der Waals surface area contributed by atoms with E-state index in [2.05, 4.69) is 95.7 Å². The number of anilines is 1. The molecule has 1 aromatic carbocycles. The highest BCUT2D eigenvalue weighted by molar-refractivity contribution is 7.65. The van der Waals surface area contributed by atoms with Crippen LogP contribution < -0.4 is 34.7 Å². The highest BCUT2D eigenvalue weighted by Gasteiger charge is 2.45. The molecule has 0 spiro atoms. The number of phosphoric ester groups is 1. The van der Waals surface area contributed by atoms with Crippen LogP contribution in [0.15, 0.2) is 43.0 Å². The number of hydrogen-bond donors (Lipinski definition) is 7. The van der Waals surface area contributed by atoms with Crippen LogP contribution in [0.1, 0.15) is 74.1 Å². The van der Waals surface area contributed by atoms with Crippen molar-refractivity contribution in [1.82, 2.24) is 19.5 Å². The van der Waals surface area contributed by atoms with Crippen LogP contribution >= 0.6 is 23.5 Å². The van der Waals surface area contributed by atoms with E-state index in [4.69, 9.17) is 9.63 Å². The number of aliphatic hydroxyl groups excluding tert-OH is 2. The van der Waals surface area contributed by atoms with Gasteiger partial charge < -0.3 is 59.1 Å². The van der Waals surface area contributed by atoms with E-state index in [-0.39, 0.29) is 5.65 Å². The Morgan fingerprint density at radius 2 is 1.22 bits per heavy atom. The largest absolute Gasteiger partial charge is 0.756 e. The number of nitrogens with one attached hydrogen (secondary N) is 4. The minimum absolute atomic E-state index is 0.196. The molecule has 4 rings (SSSR count). The lowest BCUT2D eigenvalue weighted by molar-refractivity contribution is -0.894. The van der Waals surface area contributed by atoms with Crippen molar-refractivity contribution < 1.29 is 76.1 Å². The van der Waals surface area contributed by atoms with Gasteiger partial charge in [-0.15, -0.1) is 0 Å². The van der Waals surface area contributed by atoms with Crippen molar-refractivity contribution >= 4 is 40.4 Å². The van der Waals surface area contributed by atoms with Gasteiger partial charge in [-0.2, -0.15) is 0 Å². The molecule has 59 heavy (non-hydrogen) atoms. The molecule has 0 aliphatic carbocycles. The normalized spacial score (nSPS) is 20.7. The van der Waals surface area contributed by atoms with E-state index in [0.29, 0.717) is 17.9 Å². The monoisotopic (exact) mass is 900 g/mol. The molecule has 2 aromatic heterocycles. The van der Waals surface area contributed by atoms with Gasteiger partial charge in [0.2, 0.25) is 0 Å². The zero-order chi connectivity index (χ0) is 44.8. The molecule has 3 unspecified atom stereocenters. The maximum atomic E-state index is 11.8. The van der Waals surface area contributed by atoms with Gasteiger partial charge in [0.25, 0.3) is 23.5 Å². The van der Waals surface area contributed by atoms with Crippen LogP contribution in [0.3, 0.4) is 0 Å². The maximum absolute atomic E-state index is 11.8. The zero-order valence-electron chi connectivity index (χ0n) is 35.7. The van der Waals surface area contributed by atoms with Gasteiger partial charge in [0, 0.05) is 6.54 Å². The summed E-state index contributed by atoms with van der Waals surface area (Å²) in [5.41, 5.74) is 1.47. The van der Waals surface area contributed by atoms with E-state index in [1.54, 1.807) is 14.7 Å². The minimum atomic E-state index is -6.10. The molecule has 0 radical (unpaired) electrons. The number of hydrogen-bond acceptors (Lipinski definition) is 16. The Morgan fingerprint density at radius 1 is 0.729 bits per heavy atom. The summed E-state index contributed by atoms with van der Waals surface area (Å²) in [7, 11) is -17.8. The van der Waals surface area contributed by atoms with Crippen molar-refractivity contribution in [2.24, 2.45) is 0 Å². The van der Waals surface area contributed by atoms with Crippen LogP contribution in [0.2, 0.25) is 0 Å². The molecule has 7 N–H and O–H groups in total. The second-order valence-corrected chi connectivity index (χ2v) is 17.5. The fraction of sp³-hybridized carbons (Fsp3) is 0.686. The summed E-state index contributed by atoms with van der Waals surface area (Å²) >= 11 is 0. The number of aliphatic hydroxyl groups is 2. The smallest absolute Gasteiger partial charge is 0.280 e. The molecule has 3 aromatic rings. The molecule has 21 nitrogen and oxygen atoms in total. The van der Waals surface area contributed by atoms with Crippen LogP contribution in [0.25, 0.3) is 11.2 Å². The van der Waals surface area contributed by atoms with Gasteiger partial charge in [-0.05, 0) is 67.9 Å². The van der Waals surface area contributed by atoms with E-state index in [1.807, 2.05) is 30.3 Å². The number of benzene rings is 1. The van der Waals surface area contributed by atoms with Crippen molar-refractivity contribution in [3.05, 3.63) is 48.5 Å². The van der Waals surface area contributed by atoms with Gasteiger partial charge in [0.05, 0.1) is 71.8 Å². The van der Waals surface area contributed by atoms with Gasteiger partial charge in [-0.25, -0.2) is 23.6 Å². The van der Waals surface area contributed by atoms with Crippen molar-refractivity contribution in [2.45, 2.75) is 93.4 Å². The van der Waals surface area contributed by atoms with E-state index < -0.39 is 54.6 Å². The van der Waals surface area contributed by atoms with E-state index >= 15 is 0 Å². The number of quaternary nitrogens is 3. The molecular weight excluding hydrogens is 833 g/mol. The first-order valence-electron chi connectivity index (χ1n) is 20.0. The van der Waals surface area contributed by atoms with Crippen LogP contribution in [-0.2, 0) is 38.1 Å². The average molecular weight is 901 g/mol. The first-order chi connectivity index (χ1) is 27.8. The lowest BCUT2D eigenvalue weighted by Gasteiger charge is -2.33. The number of ether oxygens (including phenoxy) is 1. The molecule has 1 aliphatic rings. The number of aromatic nitrogens is 4. The van der Waals surface area contributed by atoms with Crippen LogP contribution in [0.5, 0.6) is 0 Å². The minimum Gasteiger partial charge on any atom is -0.756 e. The van der Waals surface area contributed by atoms with Gasteiger partial charge in [0.1, 0.15) is 24.6 Å². The number of imidazole rings is 1. The van der Waals surface area contributed by atoms with Crippen LogP contribution in [-0.4, -0.2) is 118 Å². The lowest BCUT2D eigenvalue weighted by atomic mass is 10.1. The van der Waals surface area contributed by atoms with Crippen LogP contribution in [0.4, 0.5) is 5.82 Å².